The van der Waals surface area contributed by atoms with E-state index in [4.69, 9.17) is 9.47 Å². The second kappa shape index (κ2) is 12.2. The molecule has 51 heavy (non-hydrogen) atoms. The van der Waals surface area contributed by atoms with Crippen molar-refractivity contribution in [2.45, 2.75) is 76.0 Å². The van der Waals surface area contributed by atoms with Crippen LogP contribution in [0.15, 0.2) is 48.0 Å². The van der Waals surface area contributed by atoms with Crippen LogP contribution in [0, 0.1) is 23.2 Å². The van der Waals surface area contributed by atoms with Crippen LogP contribution in [-0.2, 0) is 22.4 Å². The van der Waals surface area contributed by atoms with Gasteiger partial charge in [-0.2, -0.15) is 0 Å². The zero-order valence-electron chi connectivity index (χ0n) is 30.5. The van der Waals surface area contributed by atoms with E-state index in [9.17, 15) is 15.0 Å². The molecule has 4 aromatic rings. The van der Waals surface area contributed by atoms with Crippen LogP contribution in [0.25, 0.3) is 21.8 Å². The van der Waals surface area contributed by atoms with Gasteiger partial charge in [-0.25, -0.2) is 0 Å². The summed E-state index contributed by atoms with van der Waals surface area (Å²) in [5.74, 6) is 1.25. The minimum atomic E-state index is -1.15. The van der Waals surface area contributed by atoms with Gasteiger partial charge in [-0.3, -0.25) is 14.6 Å². The normalized spacial score (nSPS) is 34.5. The van der Waals surface area contributed by atoms with Gasteiger partial charge in [0, 0.05) is 88.6 Å². The molecule has 6 bridgehead atoms. The summed E-state index contributed by atoms with van der Waals surface area (Å²) in [5.41, 5.74) is 8.35. The highest BCUT2D eigenvalue weighted by atomic mass is 16.5. The predicted molar refractivity (Wildman–Crippen MR) is 198 cm³/mol. The number of likely N-dealkylation sites (tertiary alicyclic amines) is 1. The first-order valence-corrected chi connectivity index (χ1v) is 19.0. The van der Waals surface area contributed by atoms with Gasteiger partial charge in [-0.05, 0) is 88.2 Å². The number of aliphatic hydroxyl groups excluding tert-OH is 2. The summed E-state index contributed by atoms with van der Waals surface area (Å²) in [6, 6.07) is 12.9. The SMILES string of the molecule is CC=C1CN(C)C2Cc3c([nH]c4ccccc34)C(c3c(OC)ccc4c5c([nH]c34)C3CC4CC(C(C)O)C3N(CC5)C4)CC1C2(CO)C(=O)OC. The molecule has 4 fully saturated rings. The van der Waals surface area contributed by atoms with E-state index in [-0.39, 0.29) is 42.5 Å². The maximum atomic E-state index is 14.2. The number of piperidine rings is 3. The lowest BCUT2D eigenvalue weighted by Crippen LogP contribution is -2.63. The largest absolute Gasteiger partial charge is 0.496 e. The van der Waals surface area contributed by atoms with Gasteiger partial charge in [0.1, 0.15) is 11.2 Å². The number of nitrogens with one attached hydrogen (secondary N) is 2. The number of esters is 1. The number of rotatable bonds is 5. The van der Waals surface area contributed by atoms with Crippen LogP contribution in [0.3, 0.4) is 0 Å². The molecule has 6 aliphatic rings. The van der Waals surface area contributed by atoms with Gasteiger partial charge in [0.15, 0.2) is 0 Å². The minimum absolute atomic E-state index is 0.169. The van der Waals surface area contributed by atoms with E-state index in [2.05, 4.69) is 76.2 Å². The highest BCUT2D eigenvalue weighted by Crippen LogP contribution is 2.56. The average Bonchev–Trinajstić information content (AvgIpc) is 3.67. The number of aromatic nitrogens is 2. The molecule has 3 saturated heterocycles. The van der Waals surface area contributed by atoms with Gasteiger partial charge >= 0.3 is 5.97 Å². The third kappa shape index (κ3) is 4.63. The number of hydrogen-bond acceptors (Lipinski definition) is 7. The topological polar surface area (TPSA) is 114 Å². The number of carbonyl (C=O) groups excluding carboxylic acids is 1. The van der Waals surface area contributed by atoms with E-state index in [1.165, 1.54) is 29.3 Å². The standard InChI is InChI=1S/C42H52N4O5/c1-6-24-20-45(3)35-18-29-25-9-7-8-10-33(25)43-38(29)30(17-32(24)42(35,21-47)41(49)51-5)36-34(50-4)12-11-26-27-13-14-46-19-23-15-28(22(2)48)40(46)31(16-23)37(27)44-39(26)36/h6-12,22-23,28,30-32,35,40,43-44,47-48H,13-21H2,1-5H3. The molecule has 10 rings (SSSR count). The number of nitrogens with zero attached hydrogens (tertiary/aromatic N) is 2. The van der Waals surface area contributed by atoms with Crippen LogP contribution < -0.4 is 4.74 Å². The zero-order chi connectivity index (χ0) is 35.3. The average molecular weight is 693 g/mol. The van der Waals surface area contributed by atoms with Crippen molar-refractivity contribution < 1.29 is 24.5 Å². The Morgan fingerprint density at radius 2 is 1.90 bits per heavy atom. The molecule has 6 heterocycles. The molecule has 4 aliphatic heterocycles. The van der Waals surface area contributed by atoms with E-state index < -0.39 is 5.41 Å². The maximum absolute atomic E-state index is 14.2. The molecule has 9 nitrogen and oxygen atoms in total. The Morgan fingerprint density at radius 1 is 1.08 bits per heavy atom. The molecule has 0 radical (unpaired) electrons. The summed E-state index contributed by atoms with van der Waals surface area (Å²) in [6.45, 7) is 6.58. The quantitative estimate of drug-likeness (QED) is 0.162. The molecule has 4 N–H and O–H groups in total. The van der Waals surface area contributed by atoms with E-state index in [0.717, 1.165) is 77.9 Å². The van der Waals surface area contributed by atoms with Crippen LogP contribution in [0.4, 0.5) is 0 Å². The molecule has 10 atom stereocenters. The molecular weight excluding hydrogens is 640 g/mol. The Kier molecular flexibility index (Phi) is 7.96. The molecule has 10 unspecified atom stereocenters. The van der Waals surface area contributed by atoms with E-state index in [0.29, 0.717) is 30.7 Å². The van der Waals surface area contributed by atoms with Crippen molar-refractivity contribution in [2.75, 3.05) is 47.5 Å². The monoisotopic (exact) mass is 692 g/mol. The van der Waals surface area contributed by atoms with E-state index >= 15 is 0 Å². The van der Waals surface area contributed by atoms with Gasteiger partial charge in [0.25, 0.3) is 0 Å². The fourth-order valence-electron chi connectivity index (χ4n) is 12.0. The lowest BCUT2D eigenvalue weighted by Gasteiger charge is -2.54. The summed E-state index contributed by atoms with van der Waals surface area (Å²) >= 11 is 0. The number of carbonyl (C=O) groups is 1. The van der Waals surface area contributed by atoms with Crippen LogP contribution in [-0.4, -0.2) is 102 Å². The van der Waals surface area contributed by atoms with Crippen LogP contribution >= 0.6 is 0 Å². The van der Waals surface area contributed by atoms with Crippen molar-refractivity contribution in [2.24, 2.45) is 23.2 Å². The molecule has 1 saturated carbocycles. The smallest absolute Gasteiger partial charge is 0.316 e. The van der Waals surface area contributed by atoms with Crippen LogP contribution in [0.5, 0.6) is 5.75 Å². The number of fused-ring (bicyclic) bond motifs is 9. The van der Waals surface area contributed by atoms with Crippen molar-refractivity contribution in [3.63, 3.8) is 0 Å². The lowest BCUT2D eigenvalue weighted by atomic mass is 9.58. The number of para-hydroxylation sites is 1. The predicted octanol–water partition coefficient (Wildman–Crippen LogP) is 5.50. The second-order valence-electron chi connectivity index (χ2n) is 16.3. The number of aromatic amines is 2. The molecule has 9 heteroatoms. The van der Waals surface area contributed by atoms with Crippen molar-refractivity contribution in [3.8, 4) is 5.75 Å². The molecule has 2 aromatic carbocycles. The first kappa shape index (κ1) is 33.2. The van der Waals surface area contributed by atoms with Crippen molar-refractivity contribution >= 4 is 27.8 Å². The molecular formula is C42H52N4O5. The minimum Gasteiger partial charge on any atom is -0.496 e. The first-order chi connectivity index (χ1) is 24.7. The first-order valence-electron chi connectivity index (χ1n) is 19.0. The zero-order valence-corrected chi connectivity index (χ0v) is 30.5. The fraction of sp³-hybridized carbons (Fsp3) is 0.548. The third-order valence-electron chi connectivity index (χ3n) is 14.2. The van der Waals surface area contributed by atoms with Gasteiger partial charge < -0.3 is 29.7 Å². The number of H-pyrrole nitrogens is 2. The molecule has 270 valence electrons. The summed E-state index contributed by atoms with van der Waals surface area (Å²) in [7, 11) is 5.28. The van der Waals surface area contributed by atoms with Gasteiger partial charge in [-0.15, -0.1) is 0 Å². The number of ether oxygens (including phenoxy) is 2. The van der Waals surface area contributed by atoms with E-state index in [1.54, 1.807) is 7.11 Å². The number of likely N-dealkylation sites (N-methyl/N-ethyl adjacent to an activating group) is 1. The summed E-state index contributed by atoms with van der Waals surface area (Å²) in [6.07, 6.45) is 6.22. The Balaban J connectivity index is 1.30. The number of aliphatic hydroxyl groups is 2. The number of benzene rings is 2. The highest BCUT2D eigenvalue weighted by Gasteiger charge is 2.59. The summed E-state index contributed by atoms with van der Waals surface area (Å²) in [5, 5.41) is 24.8. The van der Waals surface area contributed by atoms with Crippen LogP contribution in [0.1, 0.15) is 73.0 Å². The molecule has 0 spiro atoms. The van der Waals surface area contributed by atoms with Gasteiger partial charge in [0.05, 0.1) is 32.4 Å². The van der Waals surface area contributed by atoms with Gasteiger partial charge in [-0.1, -0.05) is 29.8 Å². The Morgan fingerprint density at radius 3 is 2.65 bits per heavy atom. The number of methoxy groups -OCH3 is 2. The molecule has 2 aliphatic carbocycles. The number of hydrogen-bond donors (Lipinski definition) is 4. The maximum Gasteiger partial charge on any atom is 0.316 e. The van der Waals surface area contributed by atoms with Crippen molar-refractivity contribution in [1.82, 2.24) is 19.8 Å². The third-order valence-corrected chi connectivity index (χ3v) is 14.2. The number of allylic oxidation sites excluding steroid dienone is 1. The van der Waals surface area contributed by atoms with Crippen LogP contribution in [0.2, 0.25) is 0 Å². The molecule has 2 aromatic heterocycles. The Hall–Kier alpha value is -3.63. The Labute approximate surface area is 300 Å². The van der Waals surface area contributed by atoms with E-state index in [1.807, 2.05) is 6.92 Å². The van der Waals surface area contributed by atoms with Crippen molar-refractivity contribution in [1.29, 1.82) is 0 Å². The highest BCUT2D eigenvalue weighted by molar-refractivity contribution is 5.92. The summed E-state index contributed by atoms with van der Waals surface area (Å²) in [4.78, 5) is 27.1. The lowest BCUT2D eigenvalue weighted by molar-refractivity contribution is -0.169. The molecule has 0 amide bonds. The second-order valence-corrected chi connectivity index (χ2v) is 16.3. The summed E-state index contributed by atoms with van der Waals surface area (Å²) < 4.78 is 11.9. The fourth-order valence-corrected chi connectivity index (χ4v) is 12.0. The van der Waals surface area contributed by atoms with Gasteiger partial charge in [0.2, 0.25) is 0 Å². The Bertz CT molecular complexity index is 2050. The van der Waals surface area contributed by atoms with Crippen molar-refractivity contribution in [3.05, 3.63) is 76.1 Å².